The molecule has 2 heterocycles. The first-order valence-electron chi connectivity index (χ1n) is 15.1. The number of carbonyl (C=O) groups is 2. The van der Waals surface area contributed by atoms with E-state index in [1.165, 1.54) is 14.0 Å². The van der Waals surface area contributed by atoms with Crippen molar-refractivity contribution < 1.29 is 62.4 Å². The second kappa shape index (κ2) is 20.6. The van der Waals surface area contributed by atoms with Crippen molar-refractivity contribution in [3.63, 3.8) is 0 Å². The summed E-state index contributed by atoms with van der Waals surface area (Å²) in [5.74, 6) is -0.795. The lowest BCUT2D eigenvalue weighted by Crippen LogP contribution is -2.64. The van der Waals surface area contributed by atoms with Gasteiger partial charge < -0.3 is 55.1 Å². The number of phosphoric ester groups is 1. The van der Waals surface area contributed by atoms with Crippen molar-refractivity contribution in [1.29, 1.82) is 0 Å². The molecule has 18 heteroatoms. The summed E-state index contributed by atoms with van der Waals surface area (Å²) in [5.41, 5.74) is 0. The van der Waals surface area contributed by atoms with Crippen LogP contribution < -0.4 is 16.0 Å². The molecule has 0 saturated carbocycles. The Bertz CT molecular complexity index is 967. The van der Waals surface area contributed by atoms with Gasteiger partial charge in [-0.25, -0.2) is 9.36 Å². The molecule has 0 spiro atoms. The molecule has 258 valence electrons. The van der Waals surface area contributed by atoms with Crippen LogP contribution in [0.3, 0.4) is 0 Å². The number of unbranched alkanes of at least 4 members (excludes halogenated alkanes) is 3. The Morgan fingerprint density at radius 1 is 1.00 bits per heavy atom. The number of allylic oxidation sites excluding steroid dienone is 2. The number of hydrogen-bond donors (Lipinski definition) is 7. The van der Waals surface area contributed by atoms with E-state index in [9.17, 15) is 34.4 Å². The largest absolute Gasteiger partial charge is 0.472 e. The summed E-state index contributed by atoms with van der Waals surface area (Å²) in [5, 5.41) is 37.8. The Morgan fingerprint density at radius 2 is 1.69 bits per heavy atom. The van der Waals surface area contributed by atoms with Crippen molar-refractivity contribution in [1.82, 2.24) is 16.0 Å². The van der Waals surface area contributed by atoms with E-state index in [-0.39, 0.29) is 25.2 Å². The van der Waals surface area contributed by atoms with Crippen LogP contribution in [0.1, 0.15) is 45.4 Å². The van der Waals surface area contributed by atoms with Crippen LogP contribution in [0.15, 0.2) is 12.2 Å². The molecular formula is C27H49BN3O13P. The van der Waals surface area contributed by atoms with Crippen LogP contribution in [0.4, 0.5) is 4.79 Å². The van der Waals surface area contributed by atoms with Crippen LogP contribution in [0.25, 0.3) is 0 Å². The van der Waals surface area contributed by atoms with E-state index >= 15 is 0 Å². The van der Waals surface area contributed by atoms with Crippen LogP contribution in [0.5, 0.6) is 0 Å². The van der Waals surface area contributed by atoms with Crippen molar-refractivity contribution in [2.45, 2.75) is 94.3 Å². The Labute approximate surface area is 265 Å². The molecule has 0 bridgehead atoms. The number of urea groups is 1. The first-order valence-corrected chi connectivity index (χ1v) is 16.6. The molecule has 0 aliphatic carbocycles. The Kier molecular flexibility index (Phi) is 18.1. The highest BCUT2D eigenvalue weighted by molar-refractivity contribution is 7.47. The number of aliphatic hydroxyl groups excluding tert-OH is 3. The van der Waals surface area contributed by atoms with Crippen LogP contribution in [0, 0.1) is 5.92 Å². The first-order chi connectivity index (χ1) is 21.4. The van der Waals surface area contributed by atoms with Crippen LogP contribution in [-0.4, -0.2) is 136 Å². The molecule has 16 nitrogen and oxygen atoms in total. The van der Waals surface area contributed by atoms with E-state index in [2.05, 4.69) is 20.5 Å². The smallest absolute Gasteiger partial charge is 0.394 e. The van der Waals surface area contributed by atoms with Crippen molar-refractivity contribution >= 4 is 27.6 Å². The lowest BCUT2D eigenvalue weighted by molar-refractivity contribution is -0.270. The summed E-state index contributed by atoms with van der Waals surface area (Å²) in [6.07, 6.45) is 1.66. The van der Waals surface area contributed by atoms with E-state index in [4.69, 9.17) is 31.3 Å². The maximum atomic E-state index is 12.0. The highest BCUT2D eigenvalue weighted by Gasteiger charge is 2.46. The predicted molar refractivity (Wildman–Crippen MR) is 161 cm³/mol. The number of nitrogens with one attached hydrogen (secondary N) is 3. The quantitative estimate of drug-likeness (QED) is 0.0375. The zero-order chi connectivity index (χ0) is 33.4. The number of hydrogen-bond acceptors (Lipinski definition) is 12. The van der Waals surface area contributed by atoms with Crippen LogP contribution in [-0.2, 0) is 37.4 Å². The SMILES string of the molecule is [B][C@@H]1O[C@H](COC)C(OP(=O)(O)OC)[C@@H]1C/C=C/CCCCNC(=O)NCCCCO[C@@H]1O[C@H](CO)[C@H](O)[C@H](O)[C@H]1NC(C)=O. The van der Waals surface area contributed by atoms with Crippen molar-refractivity contribution in [2.24, 2.45) is 5.92 Å². The van der Waals surface area contributed by atoms with E-state index in [0.29, 0.717) is 32.4 Å². The van der Waals surface area contributed by atoms with Gasteiger partial charge in [0.15, 0.2) is 6.29 Å². The third kappa shape index (κ3) is 13.6. The number of rotatable bonds is 20. The molecule has 0 aromatic heterocycles. The van der Waals surface area contributed by atoms with E-state index in [1.807, 2.05) is 12.2 Å². The normalized spacial score (nSPS) is 31.5. The van der Waals surface area contributed by atoms with E-state index in [1.54, 1.807) is 0 Å². The molecule has 2 saturated heterocycles. The lowest BCUT2D eigenvalue weighted by Gasteiger charge is -2.42. The molecule has 0 aromatic carbocycles. The molecule has 3 amide bonds. The number of phosphoric acid groups is 1. The molecule has 2 aliphatic rings. The molecule has 0 aromatic rings. The average molecular weight is 665 g/mol. The fourth-order valence-electron chi connectivity index (χ4n) is 5.02. The molecule has 2 unspecified atom stereocenters. The second-order valence-electron chi connectivity index (χ2n) is 10.9. The first kappa shape index (κ1) is 39.6. The summed E-state index contributed by atoms with van der Waals surface area (Å²) < 4.78 is 43.8. The number of aliphatic hydroxyl groups is 3. The minimum absolute atomic E-state index is 0.152. The molecule has 2 rings (SSSR count). The third-order valence-electron chi connectivity index (χ3n) is 7.41. The monoisotopic (exact) mass is 665 g/mol. The van der Waals surface area contributed by atoms with Crippen molar-refractivity contribution in [3.8, 4) is 0 Å². The molecule has 10 atom stereocenters. The van der Waals surface area contributed by atoms with Gasteiger partial charge in [-0.15, -0.1) is 0 Å². The Balaban J connectivity index is 1.58. The molecule has 2 radical (unpaired) electrons. The maximum absolute atomic E-state index is 12.0. The summed E-state index contributed by atoms with van der Waals surface area (Å²) in [4.78, 5) is 33.3. The second-order valence-corrected chi connectivity index (χ2v) is 12.4. The topological polar surface area (TPSA) is 224 Å². The average Bonchev–Trinajstić information content (AvgIpc) is 3.27. The Hall–Kier alpha value is -1.63. The van der Waals surface area contributed by atoms with E-state index in [0.717, 1.165) is 26.4 Å². The summed E-state index contributed by atoms with van der Waals surface area (Å²) in [6.45, 7) is 1.99. The fraction of sp³-hybridized carbons (Fsp3) is 0.852. The maximum Gasteiger partial charge on any atom is 0.472 e. The van der Waals surface area contributed by atoms with Crippen molar-refractivity contribution in [2.75, 3.05) is 47.1 Å². The molecule has 45 heavy (non-hydrogen) atoms. The van der Waals surface area contributed by atoms with Gasteiger partial charge in [-0.05, 0) is 38.5 Å². The fourth-order valence-corrected chi connectivity index (χ4v) is 5.70. The predicted octanol–water partition coefficient (Wildman–Crippen LogP) is -0.569. The van der Waals surface area contributed by atoms with Gasteiger partial charge in [-0.3, -0.25) is 13.8 Å². The Morgan fingerprint density at radius 3 is 2.31 bits per heavy atom. The van der Waals surface area contributed by atoms with Gasteiger partial charge in [-0.2, -0.15) is 0 Å². The highest BCUT2D eigenvalue weighted by atomic mass is 31.2. The van der Waals surface area contributed by atoms with Gasteiger partial charge in [-0.1, -0.05) is 12.2 Å². The summed E-state index contributed by atoms with van der Waals surface area (Å²) >= 11 is 0. The van der Waals surface area contributed by atoms with E-state index < -0.39 is 69.2 Å². The van der Waals surface area contributed by atoms with Gasteiger partial charge in [0.05, 0.1) is 13.2 Å². The number of amides is 3. The molecule has 2 fully saturated rings. The molecule has 7 N–H and O–H groups in total. The lowest BCUT2D eigenvalue weighted by atomic mass is 9.82. The zero-order valence-corrected chi connectivity index (χ0v) is 27.0. The van der Waals surface area contributed by atoms with Gasteiger partial charge in [0.1, 0.15) is 44.4 Å². The standard InChI is InChI=1S/C27H49BN3O13P/c1-17(33)31-21-23(35)22(34)19(15-32)43-26(21)41-14-10-9-13-30-27(36)29-12-8-6-4-5-7-11-18-24(44-45(37,38)40-3)20(16-39-2)42-25(18)28/h5,7,18-26,32,34-35H,4,6,8-16H2,1-3H3,(H,31,33)(H,37,38)(H2,29,30,36)/b7-5+/t18-,19+,20+,21+,22-,23+,24?,25+,26+/m0/s1. The number of carbonyl (C=O) groups excluding carboxylic acids is 2. The minimum Gasteiger partial charge on any atom is -0.394 e. The van der Waals surface area contributed by atoms with Gasteiger partial charge in [0.25, 0.3) is 0 Å². The van der Waals surface area contributed by atoms with Gasteiger partial charge >= 0.3 is 13.9 Å². The number of methoxy groups -OCH3 is 1. The third-order valence-corrected chi connectivity index (χ3v) is 8.38. The molecular weight excluding hydrogens is 616 g/mol. The summed E-state index contributed by atoms with van der Waals surface area (Å²) in [6, 6.07) is -1.98. The highest BCUT2D eigenvalue weighted by Crippen LogP contribution is 2.48. The van der Waals surface area contributed by atoms with Crippen LogP contribution in [0.2, 0.25) is 0 Å². The minimum atomic E-state index is -4.24. The van der Waals surface area contributed by atoms with Crippen molar-refractivity contribution in [3.05, 3.63) is 12.2 Å². The summed E-state index contributed by atoms with van der Waals surface area (Å²) in [7, 11) is 4.42. The van der Waals surface area contributed by atoms with Crippen LogP contribution >= 0.6 is 7.82 Å². The van der Waals surface area contributed by atoms with Gasteiger partial charge in [0, 0.05) is 52.8 Å². The number of ether oxygens (including phenoxy) is 4. The zero-order valence-electron chi connectivity index (χ0n) is 26.1. The molecule has 2 aliphatic heterocycles. The van der Waals surface area contributed by atoms with Gasteiger partial charge in [0.2, 0.25) is 5.91 Å².